The van der Waals surface area contributed by atoms with Crippen molar-refractivity contribution in [2.75, 3.05) is 13.7 Å². The van der Waals surface area contributed by atoms with Gasteiger partial charge in [-0.05, 0) is 6.92 Å². The lowest BCUT2D eigenvalue weighted by Gasteiger charge is -2.15. The minimum atomic E-state index is -5.10. The van der Waals surface area contributed by atoms with Crippen molar-refractivity contribution in [2.45, 2.75) is 19.7 Å². The van der Waals surface area contributed by atoms with Crippen molar-refractivity contribution in [1.29, 1.82) is 0 Å². The van der Waals surface area contributed by atoms with Gasteiger partial charge in [-0.1, -0.05) is 0 Å². The minimum Gasteiger partial charge on any atom is -0.496 e. The molecule has 0 aliphatic heterocycles. The van der Waals surface area contributed by atoms with Crippen molar-refractivity contribution in [2.24, 2.45) is 0 Å². The van der Waals surface area contributed by atoms with Crippen molar-refractivity contribution in [3.8, 4) is 11.6 Å². The van der Waals surface area contributed by atoms with Crippen molar-refractivity contribution < 1.29 is 41.0 Å². The van der Waals surface area contributed by atoms with Gasteiger partial charge in [-0.25, -0.2) is 18.6 Å². The first-order valence-electron chi connectivity index (χ1n) is 5.49. The highest BCUT2D eigenvalue weighted by Gasteiger charge is 2.34. The summed E-state index contributed by atoms with van der Waals surface area (Å²) in [5.74, 6) is -3.08. The van der Waals surface area contributed by atoms with Gasteiger partial charge < -0.3 is 14.2 Å². The maximum atomic E-state index is 13.0. The van der Waals surface area contributed by atoms with E-state index in [1.807, 2.05) is 0 Å². The number of carbonyl (C=O) groups excluding carboxylic acids is 1. The fraction of sp³-hybridized carbons (Fsp3) is 0.455. The smallest absolute Gasteiger partial charge is 0.496 e. The highest BCUT2D eigenvalue weighted by molar-refractivity contribution is 5.90. The summed E-state index contributed by atoms with van der Waals surface area (Å²) in [5, 5.41) is 0. The van der Waals surface area contributed by atoms with Gasteiger partial charge in [-0.2, -0.15) is 0 Å². The molecule has 118 valence electrons. The van der Waals surface area contributed by atoms with Gasteiger partial charge >= 0.3 is 12.3 Å². The summed E-state index contributed by atoms with van der Waals surface area (Å²) in [5.41, 5.74) is -1.96. The number of alkyl halides is 5. The van der Waals surface area contributed by atoms with Gasteiger partial charge in [-0.3, -0.25) is 0 Å². The second-order valence-corrected chi connectivity index (χ2v) is 3.49. The molecule has 0 atom stereocenters. The molecule has 0 unspecified atom stereocenters. The first-order valence-corrected chi connectivity index (χ1v) is 5.49. The van der Waals surface area contributed by atoms with Gasteiger partial charge in [0.1, 0.15) is 5.75 Å². The van der Waals surface area contributed by atoms with E-state index in [0.717, 1.165) is 7.11 Å². The molecule has 0 saturated carbocycles. The van der Waals surface area contributed by atoms with Crippen molar-refractivity contribution >= 4 is 5.97 Å². The summed E-state index contributed by atoms with van der Waals surface area (Å²) < 4.78 is 74.9. The fourth-order valence-electron chi connectivity index (χ4n) is 1.41. The maximum Gasteiger partial charge on any atom is 0.574 e. The van der Waals surface area contributed by atoms with E-state index in [4.69, 9.17) is 0 Å². The highest BCUT2D eigenvalue weighted by atomic mass is 19.4. The first-order chi connectivity index (χ1) is 9.69. The Kier molecular flexibility index (Phi) is 5.28. The molecule has 0 bridgehead atoms. The van der Waals surface area contributed by atoms with Crippen LogP contribution < -0.4 is 9.47 Å². The predicted molar refractivity (Wildman–Crippen MR) is 58.4 cm³/mol. The number of hydrogen-bond donors (Lipinski definition) is 0. The monoisotopic (exact) mass is 315 g/mol. The maximum absolute atomic E-state index is 13.0. The average molecular weight is 315 g/mol. The molecule has 0 N–H and O–H groups in total. The Labute approximate surface area is 115 Å². The number of halogens is 5. The number of carbonyl (C=O) groups is 1. The SMILES string of the molecule is CCOC(=O)c1nc(OC(F)(F)F)cc(OC)c1C(F)F. The lowest BCUT2D eigenvalue weighted by molar-refractivity contribution is -0.276. The minimum absolute atomic E-state index is 0.171. The van der Waals surface area contributed by atoms with Crippen molar-refractivity contribution in [1.82, 2.24) is 4.98 Å². The van der Waals surface area contributed by atoms with E-state index in [9.17, 15) is 26.7 Å². The molecule has 1 rings (SSSR count). The van der Waals surface area contributed by atoms with Crippen LogP contribution >= 0.6 is 0 Å². The summed E-state index contributed by atoms with van der Waals surface area (Å²) in [6.45, 7) is 1.23. The highest BCUT2D eigenvalue weighted by Crippen LogP contribution is 2.35. The Balaban J connectivity index is 3.40. The van der Waals surface area contributed by atoms with Gasteiger partial charge in [0.2, 0.25) is 5.88 Å². The van der Waals surface area contributed by atoms with Crippen LogP contribution in [0.25, 0.3) is 0 Å². The number of aromatic nitrogens is 1. The van der Waals surface area contributed by atoms with Crippen LogP contribution in [0, 0.1) is 0 Å². The standard InChI is InChI=1S/C11H10F5NO4/c1-3-20-10(18)8-7(9(12)13)5(19-2)4-6(17-8)21-11(14,15)16/h4,9H,3H2,1-2H3. The summed E-state index contributed by atoms with van der Waals surface area (Å²) in [4.78, 5) is 14.7. The third kappa shape index (κ3) is 4.43. The molecular weight excluding hydrogens is 305 g/mol. The lowest BCUT2D eigenvalue weighted by Crippen LogP contribution is -2.20. The quantitative estimate of drug-likeness (QED) is 0.617. The van der Waals surface area contributed by atoms with Crippen LogP contribution in [0.1, 0.15) is 29.4 Å². The Morgan fingerprint density at radius 3 is 2.43 bits per heavy atom. The Hall–Kier alpha value is -2.13. The molecule has 10 heteroatoms. The zero-order valence-corrected chi connectivity index (χ0v) is 10.8. The molecule has 0 aliphatic rings. The van der Waals surface area contributed by atoms with E-state index in [1.165, 1.54) is 6.92 Å². The molecule has 21 heavy (non-hydrogen) atoms. The van der Waals surface area contributed by atoms with E-state index >= 15 is 0 Å². The van der Waals surface area contributed by atoms with Crippen LogP contribution in [0.4, 0.5) is 22.0 Å². The van der Waals surface area contributed by atoms with Crippen molar-refractivity contribution in [3.63, 3.8) is 0 Å². The van der Waals surface area contributed by atoms with Gasteiger partial charge in [0.15, 0.2) is 5.69 Å². The molecule has 0 amide bonds. The summed E-state index contributed by atoms with van der Waals surface area (Å²) in [6.07, 6.45) is -8.30. The number of rotatable bonds is 5. The van der Waals surface area contributed by atoms with Crippen LogP contribution in [0.5, 0.6) is 11.6 Å². The molecular formula is C11H10F5NO4. The van der Waals surface area contributed by atoms with E-state index < -0.39 is 41.6 Å². The number of pyridine rings is 1. The van der Waals surface area contributed by atoms with Crippen LogP contribution in [-0.4, -0.2) is 31.0 Å². The Bertz CT molecular complexity index is 518. The average Bonchev–Trinajstić information content (AvgIpc) is 2.35. The van der Waals surface area contributed by atoms with Crippen LogP contribution in [0.2, 0.25) is 0 Å². The number of esters is 1. The molecule has 0 saturated heterocycles. The third-order valence-corrected chi connectivity index (χ3v) is 2.12. The van der Waals surface area contributed by atoms with Crippen LogP contribution in [-0.2, 0) is 4.74 Å². The predicted octanol–water partition coefficient (Wildman–Crippen LogP) is 3.10. The van der Waals surface area contributed by atoms with E-state index in [2.05, 4.69) is 19.2 Å². The van der Waals surface area contributed by atoms with Gasteiger partial charge in [0, 0.05) is 6.07 Å². The van der Waals surface area contributed by atoms with Crippen LogP contribution in [0.15, 0.2) is 6.07 Å². The van der Waals surface area contributed by atoms with E-state index in [1.54, 1.807) is 0 Å². The van der Waals surface area contributed by atoms with Gasteiger partial charge in [0.25, 0.3) is 6.43 Å². The second kappa shape index (κ2) is 6.55. The molecule has 0 aliphatic carbocycles. The number of ether oxygens (including phenoxy) is 3. The molecule has 1 aromatic rings. The Morgan fingerprint density at radius 1 is 1.38 bits per heavy atom. The Morgan fingerprint density at radius 2 is 2.00 bits per heavy atom. The molecule has 0 radical (unpaired) electrons. The second-order valence-electron chi connectivity index (χ2n) is 3.49. The summed E-state index contributed by atoms with van der Waals surface area (Å²) in [6, 6.07) is 0.512. The largest absolute Gasteiger partial charge is 0.574 e. The number of methoxy groups -OCH3 is 1. The van der Waals surface area contributed by atoms with Crippen LogP contribution in [0.3, 0.4) is 0 Å². The fourth-order valence-corrected chi connectivity index (χ4v) is 1.41. The number of nitrogens with zero attached hydrogens (tertiary/aromatic N) is 1. The van der Waals surface area contributed by atoms with Crippen molar-refractivity contribution in [3.05, 3.63) is 17.3 Å². The zero-order chi connectivity index (χ0) is 16.2. The normalized spacial score (nSPS) is 11.4. The summed E-state index contributed by atoms with van der Waals surface area (Å²) in [7, 11) is 0.952. The van der Waals surface area contributed by atoms with E-state index in [-0.39, 0.29) is 6.61 Å². The zero-order valence-electron chi connectivity index (χ0n) is 10.8. The molecule has 1 aromatic heterocycles. The summed E-state index contributed by atoms with van der Waals surface area (Å²) >= 11 is 0. The molecule has 0 aromatic carbocycles. The van der Waals surface area contributed by atoms with Gasteiger partial charge in [0.05, 0.1) is 19.3 Å². The lowest BCUT2D eigenvalue weighted by atomic mass is 10.1. The first kappa shape index (κ1) is 16.9. The number of hydrogen-bond acceptors (Lipinski definition) is 5. The van der Waals surface area contributed by atoms with Gasteiger partial charge in [-0.15, -0.1) is 13.2 Å². The third-order valence-electron chi connectivity index (χ3n) is 2.12. The molecule has 0 fully saturated rings. The molecule has 1 heterocycles. The molecule has 5 nitrogen and oxygen atoms in total. The topological polar surface area (TPSA) is 57.7 Å². The molecule has 0 spiro atoms. The van der Waals surface area contributed by atoms with E-state index in [0.29, 0.717) is 6.07 Å².